The van der Waals surface area contributed by atoms with Crippen molar-refractivity contribution in [1.82, 2.24) is 14.5 Å². The van der Waals surface area contributed by atoms with Crippen molar-refractivity contribution in [2.75, 3.05) is 19.4 Å². The van der Waals surface area contributed by atoms with Crippen LogP contribution in [-0.2, 0) is 19.5 Å². The summed E-state index contributed by atoms with van der Waals surface area (Å²) < 4.78 is 20.8. The van der Waals surface area contributed by atoms with Gasteiger partial charge >= 0.3 is 0 Å². The molecule has 0 saturated carbocycles. The molecule has 0 radical (unpaired) electrons. The molecule has 3 heterocycles. The summed E-state index contributed by atoms with van der Waals surface area (Å²) >= 11 is 2.74. The number of carbonyl (C=O) groups is 1. The topological polar surface area (TPSA) is 64.4 Å². The zero-order valence-corrected chi connectivity index (χ0v) is 24.4. The Morgan fingerprint density at radius 1 is 1.10 bits per heavy atom. The number of aromatic nitrogens is 2. The lowest BCUT2D eigenvalue weighted by molar-refractivity contribution is 0.102. The van der Waals surface area contributed by atoms with Crippen molar-refractivity contribution in [1.29, 1.82) is 0 Å². The van der Waals surface area contributed by atoms with E-state index in [0.717, 1.165) is 42.1 Å². The second kappa shape index (κ2) is 11.6. The highest BCUT2D eigenvalue weighted by atomic mass is 32.2. The first-order valence-electron chi connectivity index (χ1n) is 13.3. The van der Waals surface area contributed by atoms with Gasteiger partial charge in [0, 0.05) is 30.1 Å². The van der Waals surface area contributed by atoms with Crippen LogP contribution in [0, 0.1) is 12.7 Å². The largest absolute Gasteiger partial charge is 0.494 e. The fourth-order valence-electron chi connectivity index (χ4n) is 5.13. The highest BCUT2D eigenvalue weighted by molar-refractivity contribution is 7.99. The van der Waals surface area contributed by atoms with Gasteiger partial charge in [-0.3, -0.25) is 19.1 Å². The van der Waals surface area contributed by atoms with Crippen LogP contribution < -0.4 is 10.3 Å². The molecule has 208 valence electrons. The van der Waals surface area contributed by atoms with Crippen LogP contribution in [0.2, 0.25) is 0 Å². The van der Waals surface area contributed by atoms with Crippen molar-refractivity contribution in [3.05, 3.63) is 116 Å². The smallest absolute Gasteiger partial charge is 0.267 e. The van der Waals surface area contributed by atoms with Gasteiger partial charge in [0.25, 0.3) is 5.56 Å². The summed E-state index contributed by atoms with van der Waals surface area (Å²) in [5.74, 6) is -0.766. The molecule has 6 nitrogen and oxygen atoms in total. The quantitative estimate of drug-likeness (QED) is 0.119. The number of thioether (sulfide) groups is 1. The minimum Gasteiger partial charge on any atom is -0.494 e. The van der Waals surface area contributed by atoms with Gasteiger partial charge in [0.1, 0.15) is 4.83 Å². The summed E-state index contributed by atoms with van der Waals surface area (Å²) in [5.41, 5.74) is 4.23. The molecule has 3 aromatic carbocycles. The first-order valence-corrected chi connectivity index (χ1v) is 15.1. The maximum Gasteiger partial charge on any atom is 0.267 e. The normalized spacial score (nSPS) is 13.3. The maximum absolute atomic E-state index is 14.2. The Morgan fingerprint density at radius 2 is 1.88 bits per heavy atom. The van der Waals surface area contributed by atoms with E-state index < -0.39 is 5.82 Å². The number of fused-ring (bicyclic) bond motifs is 3. The van der Waals surface area contributed by atoms with Crippen molar-refractivity contribution in [2.24, 2.45) is 0 Å². The van der Waals surface area contributed by atoms with Crippen molar-refractivity contribution in [3.8, 4) is 11.4 Å². The minimum absolute atomic E-state index is 0.00548. The van der Waals surface area contributed by atoms with Crippen molar-refractivity contribution in [3.63, 3.8) is 0 Å². The van der Waals surface area contributed by atoms with E-state index in [2.05, 4.69) is 29.2 Å². The van der Waals surface area contributed by atoms with E-state index in [1.165, 1.54) is 36.6 Å². The van der Waals surface area contributed by atoms with E-state index in [4.69, 9.17) is 9.72 Å². The Morgan fingerprint density at radius 3 is 2.61 bits per heavy atom. The predicted octanol–water partition coefficient (Wildman–Crippen LogP) is 6.44. The standard InChI is InChI=1S/C32H28FN3O3S2/c1-20-8-11-23(12-9-20)36-31(38)29-24-14-15-35(17-21-6-4-3-5-7-21)18-28(24)41-30(29)34-32(36)40-19-26(37)22-10-13-27(39-2)25(33)16-22/h3-13,16H,14-15,17-19H2,1-2H3. The third-order valence-corrected chi connectivity index (χ3v) is 9.32. The third kappa shape index (κ3) is 5.57. The second-order valence-corrected chi connectivity index (χ2v) is 12.1. The van der Waals surface area contributed by atoms with Gasteiger partial charge in [-0.2, -0.15) is 0 Å². The van der Waals surface area contributed by atoms with E-state index in [1.807, 2.05) is 37.3 Å². The van der Waals surface area contributed by atoms with Crippen molar-refractivity contribution >= 4 is 39.1 Å². The maximum atomic E-state index is 14.2. The fourth-order valence-corrected chi connectivity index (χ4v) is 7.34. The van der Waals surface area contributed by atoms with Crippen LogP contribution in [0.3, 0.4) is 0 Å². The van der Waals surface area contributed by atoms with Crippen LogP contribution in [0.5, 0.6) is 5.75 Å². The second-order valence-electron chi connectivity index (χ2n) is 10.1. The first-order chi connectivity index (χ1) is 19.9. The third-order valence-electron chi connectivity index (χ3n) is 7.27. The molecule has 5 aromatic rings. The van der Waals surface area contributed by atoms with E-state index >= 15 is 0 Å². The number of methoxy groups -OCH3 is 1. The molecule has 0 fully saturated rings. The number of hydrogen-bond donors (Lipinski definition) is 0. The molecule has 0 aliphatic carbocycles. The number of carbonyl (C=O) groups excluding carboxylic acids is 1. The number of hydrogen-bond acceptors (Lipinski definition) is 7. The van der Waals surface area contributed by atoms with Crippen LogP contribution in [0.1, 0.15) is 31.9 Å². The Balaban J connectivity index is 1.35. The van der Waals surface area contributed by atoms with Gasteiger partial charge in [-0.15, -0.1) is 11.3 Å². The average Bonchev–Trinajstić information content (AvgIpc) is 3.35. The number of ketones is 1. The van der Waals surface area contributed by atoms with Gasteiger partial charge in [0.05, 0.1) is 23.9 Å². The summed E-state index contributed by atoms with van der Waals surface area (Å²) in [7, 11) is 1.38. The molecule has 0 spiro atoms. The molecule has 41 heavy (non-hydrogen) atoms. The van der Waals surface area contributed by atoms with Crippen LogP contribution >= 0.6 is 23.1 Å². The summed E-state index contributed by atoms with van der Waals surface area (Å²) in [4.78, 5) is 36.3. The molecule has 0 atom stereocenters. The molecule has 0 saturated heterocycles. The van der Waals surface area contributed by atoms with Gasteiger partial charge < -0.3 is 4.74 Å². The fraction of sp³-hybridized carbons (Fsp3) is 0.219. The molecule has 0 bridgehead atoms. The van der Waals surface area contributed by atoms with Crippen LogP contribution in [0.25, 0.3) is 15.9 Å². The molecule has 6 rings (SSSR count). The number of nitrogens with zero attached hydrogens (tertiary/aromatic N) is 3. The molecule has 1 aliphatic rings. The Hall–Kier alpha value is -3.79. The SMILES string of the molecule is COc1ccc(C(=O)CSc2nc3sc4c(c3c(=O)n2-c2ccc(C)cc2)CCN(Cc2ccccc2)C4)cc1F. The van der Waals surface area contributed by atoms with E-state index in [0.29, 0.717) is 21.1 Å². The van der Waals surface area contributed by atoms with Gasteiger partial charge in [0.2, 0.25) is 0 Å². The van der Waals surface area contributed by atoms with E-state index in [1.54, 1.807) is 22.0 Å². The summed E-state index contributed by atoms with van der Waals surface area (Å²) in [6.45, 7) is 4.47. The van der Waals surface area contributed by atoms with E-state index in [-0.39, 0.29) is 28.4 Å². The number of benzene rings is 3. The lowest BCUT2D eigenvalue weighted by Crippen LogP contribution is -2.30. The van der Waals surface area contributed by atoms with Gasteiger partial charge in [0.15, 0.2) is 22.5 Å². The Kier molecular flexibility index (Phi) is 7.75. The molecule has 0 unspecified atom stereocenters. The summed E-state index contributed by atoms with van der Waals surface area (Å²) in [5, 5.41) is 1.10. The lowest BCUT2D eigenvalue weighted by atomic mass is 10.0. The van der Waals surface area contributed by atoms with Gasteiger partial charge in [-0.05, 0) is 54.8 Å². The van der Waals surface area contributed by atoms with Crippen LogP contribution in [0.4, 0.5) is 4.39 Å². The first kappa shape index (κ1) is 27.4. The van der Waals surface area contributed by atoms with Crippen LogP contribution in [0.15, 0.2) is 82.7 Å². The molecule has 9 heteroatoms. The highest BCUT2D eigenvalue weighted by Gasteiger charge is 2.26. The van der Waals surface area contributed by atoms with Gasteiger partial charge in [-0.1, -0.05) is 59.8 Å². The lowest BCUT2D eigenvalue weighted by Gasteiger charge is -2.26. The van der Waals surface area contributed by atoms with Crippen LogP contribution in [-0.4, -0.2) is 39.6 Å². The van der Waals surface area contributed by atoms with E-state index in [9.17, 15) is 14.0 Å². The monoisotopic (exact) mass is 585 g/mol. The minimum atomic E-state index is -0.593. The van der Waals surface area contributed by atoms with Crippen molar-refractivity contribution < 1.29 is 13.9 Å². The predicted molar refractivity (Wildman–Crippen MR) is 162 cm³/mol. The molecule has 1 aliphatic heterocycles. The molecule has 0 N–H and O–H groups in total. The number of aryl methyl sites for hydroxylation is 1. The highest BCUT2D eigenvalue weighted by Crippen LogP contribution is 2.35. The zero-order chi connectivity index (χ0) is 28.5. The number of thiophene rings is 1. The number of rotatable bonds is 8. The number of halogens is 1. The molecule has 0 amide bonds. The molecular formula is C32H28FN3O3S2. The number of ether oxygens (including phenoxy) is 1. The summed E-state index contributed by atoms with van der Waals surface area (Å²) in [6, 6.07) is 22.3. The number of Topliss-reactive ketones (excluding diaryl/α,β-unsaturated/α-hetero) is 1. The molecule has 2 aromatic heterocycles. The Labute approximate surface area is 245 Å². The van der Waals surface area contributed by atoms with Crippen molar-refractivity contribution in [2.45, 2.75) is 31.6 Å². The summed E-state index contributed by atoms with van der Waals surface area (Å²) in [6.07, 6.45) is 0.779. The Bertz CT molecular complexity index is 1800. The zero-order valence-electron chi connectivity index (χ0n) is 22.7. The average molecular weight is 586 g/mol. The van der Waals surface area contributed by atoms with Gasteiger partial charge in [-0.25, -0.2) is 9.37 Å². The molecular weight excluding hydrogens is 558 g/mol.